The minimum Gasteiger partial charge on any atom is -0.323 e. The lowest BCUT2D eigenvalue weighted by molar-refractivity contribution is -0.137. The van der Waals surface area contributed by atoms with Crippen LogP contribution >= 0.6 is 0 Å². The molecule has 0 heterocycles. The van der Waals surface area contributed by atoms with E-state index in [-0.39, 0.29) is 12.5 Å². The zero-order valence-corrected chi connectivity index (χ0v) is 8.44. The van der Waals surface area contributed by atoms with Crippen LogP contribution in [-0.2, 0) is 4.74 Å². The fourth-order valence-corrected chi connectivity index (χ4v) is 0.355. The zero-order valence-electron chi connectivity index (χ0n) is 8.44. The molecular weight excluding hydrogens is 162 g/mol. The molecule has 0 unspecified atom stereocenters. The van der Waals surface area contributed by atoms with Gasteiger partial charge in [0.2, 0.25) is 0 Å². The first-order valence-electron chi connectivity index (χ1n) is 4.48. The van der Waals surface area contributed by atoms with Crippen LogP contribution in [0.5, 0.6) is 0 Å². The smallest absolute Gasteiger partial charge is 0.323 e. The number of hydrogen-bond acceptors (Lipinski definition) is 1. The SMILES string of the molecule is CCC.CC[C@H](C)COC(F)F. The molecule has 0 aromatic heterocycles. The van der Waals surface area contributed by atoms with E-state index >= 15 is 0 Å². The maximum Gasteiger partial charge on any atom is 0.345 e. The number of alkyl halides is 2. The third-order valence-electron chi connectivity index (χ3n) is 1.20. The molecule has 0 saturated carbocycles. The van der Waals surface area contributed by atoms with E-state index in [2.05, 4.69) is 18.6 Å². The Morgan fingerprint density at radius 2 is 1.58 bits per heavy atom. The van der Waals surface area contributed by atoms with Crippen LogP contribution in [0.3, 0.4) is 0 Å². The first kappa shape index (κ1) is 14.3. The lowest BCUT2D eigenvalue weighted by atomic mass is 10.1. The Kier molecular flexibility index (Phi) is 12.9. The molecule has 0 spiro atoms. The van der Waals surface area contributed by atoms with E-state index in [0.717, 1.165) is 6.42 Å². The van der Waals surface area contributed by atoms with Gasteiger partial charge in [0.25, 0.3) is 0 Å². The van der Waals surface area contributed by atoms with Gasteiger partial charge in [-0.25, -0.2) is 0 Å². The van der Waals surface area contributed by atoms with Crippen LogP contribution in [0.25, 0.3) is 0 Å². The van der Waals surface area contributed by atoms with E-state index in [4.69, 9.17) is 0 Å². The normalized spacial score (nSPS) is 12.2. The molecule has 0 saturated heterocycles. The minimum absolute atomic E-state index is 0.161. The molecule has 0 fully saturated rings. The van der Waals surface area contributed by atoms with Crippen LogP contribution in [0.2, 0.25) is 0 Å². The molecule has 0 aliphatic carbocycles. The summed E-state index contributed by atoms with van der Waals surface area (Å²) in [7, 11) is 0. The van der Waals surface area contributed by atoms with E-state index in [1.54, 1.807) is 0 Å². The molecule has 0 aromatic rings. The fraction of sp³-hybridized carbons (Fsp3) is 1.00. The maximum atomic E-state index is 11.3. The van der Waals surface area contributed by atoms with Crippen molar-refractivity contribution in [1.29, 1.82) is 0 Å². The molecule has 0 radical (unpaired) electrons. The quantitative estimate of drug-likeness (QED) is 0.644. The second-order valence-electron chi connectivity index (χ2n) is 2.81. The summed E-state index contributed by atoms with van der Waals surface area (Å²) in [6, 6.07) is 0. The summed E-state index contributed by atoms with van der Waals surface area (Å²) in [6.07, 6.45) is 2.13. The van der Waals surface area contributed by atoms with Gasteiger partial charge in [-0.15, -0.1) is 0 Å². The Hall–Kier alpha value is -0.180. The van der Waals surface area contributed by atoms with E-state index < -0.39 is 6.61 Å². The highest BCUT2D eigenvalue weighted by atomic mass is 19.3. The average molecular weight is 182 g/mol. The summed E-state index contributed by atoms with van der Waals surface area (Å²) in [4.78, 5) is 0. The zero-order chi connectivity index (χ0) is 9.98. The molecule has 0 aliphatic rings. The first-order chi connectivity index (χ1) is 5.58. The number of halogens is 2. The molecule has 0 aromatic carbocycles. The van der Waals surface area contributed by atoms with Crippen LogP contribution in [-0.4, -0.2) is 13.2 Å². The second kappa shape index (κ2) is 10.8. The van der Waals surface area contributed by atoms with Gasteiger partial charge in [-0.05, 0) is 5.92 Å². The molecular formula is C9H20F2O. The van der Waals surface area contributed by atoms with Crippen molar-refractivity contribution in [2.75, 3.05) is 6.61 Å². The highest BCUT2D eigenvalue weighted by molar-refractivity contribution is 4.44. The van der Waals surface area contributed by atoms with E-state index in [9.17, 15) is 8.78 Å². The van der Waals surface area contributed by atoms with Gasteiger partial charge in [-0.3, -0.25) is 0 Å². The van der Waals surface area contributed by atoms with Crippen molar-refractivity contribution in [2.24, 2.45) is 5.92 Å². The third-order valence-corrected chi connectivity index (χ3v) is 1.20. The standard InChI is InChI=1S/C6H12F2O.C3H8/c1-3-5(2)4-9-6(7)8;1-3-2/h5-6H,3-4H2,1-2H3;3H2,1-2H3/t5-;/m0./s1. The molecule has 0 rings (SSSR count). The highest BCUT2D eigenvalue weighted by Gasteiger charge is 2.04. The Bertz CT molecular complexity index is 76.9. The maximum absolute atomic E-state index is 11.3. The molecule has 0 bridgehead atoms. The fourth-order valence-electron chi connectivity index (χ4n) is 0.355. The van der Waals surface area contributed by atoms with Crippen LogP contribution in [0.1, 0.15) is 40.5 Å². The Morgan fingerprint density at radius 3 is 1.83 bits per heavy atom. The summed E-state index contributed by atoms with van der Waals surface area (Å²) in [5.41, 5.74) is 0. The minimum atomic E-state index is -2.61. The van der Waals surface area contributed by atoms with E-state index in [1.165, 1.54) is 6.42 Å². The van der Waals surface area contributed by atoms with Gasteiger partial charge in [0.15, 0.2) is 0 Å². The highest BCUT2D eigenvalue weighted by Crippen LogP contribution is 2.03. The van der Waals surface area contributed by atoms with Crippen molar-refractivity contribution < 1.29 is 13.5 Å². The number of ether oxygens (including phenoxy) is 1. The molecule has 1 nitrogen and oxygen atoms in total. The van der Waals surface area contributed by atoms with Crippen molar-refractivity contribution in [2.45, 2.75) is 47.1 Å². The molecule has 3 heteroatoms. The van der Waals surface area contributed by atoms with Crippen LogP contribution in [0.15, 0.2) is 0 Å². The van der Waals surface area contributed by atoms with Gasteiger partial charge in [0, 0.05) is 0 Å². The van der Waals surface area contributed by atoms with Gasteiger partial charge in [0.05, 0.1) is 6.61 Å². The van der Waals surface area contributed by atoms with Crippen LogP contribution < -0.4 is 0 Å². The molecule has 0 N–H and O–H groups in total. The molecule has 76 valence electrons. The predicted octanol–water partition coefficient (Wildman–Crippen LogP) is 3.69. The molecule has 12 heavy (non-hydrogen) atoms. The number of hydrogen-bond donors (Lipinski definition) is 0. The van der Waals surface area contributed by atoms with Gasteiger partial charge in [-0.2, -0.15) is 8.78 Å². The van der Waals surface area contributed by atoms with Gasteiger partial charge in [0.1, 0.15) is 0 Å². The van der Waals surface area contributed by atoms with E-state index in [1.807, 2.05) is 13.8 Å². The molecule has 1 atom stereocenters. The summed E-state index contributed by atoms with van der Waals surface area (Å²) in [5, 5.41) is 0. The van der Waals surface area contributed by atoms with Crippen molar-refractivity contribution >= 4 is 0 Å². The summed E-state index contributed by atoms with van der Waals surface area (Å²) in [6.45, 7) is 5.62. The van der Waals surface area contributed by atoms with Crippen LogP contribution in [0.4, 0.5) is 8.78 Å². The number of rotatable bonds is 4. The summed E-state index contributed by atoms with van der Waals surface area (Å²) >= 11 is 0. The summed E-state index contributed by atoms with van der Waals surface area (Å²) < 4.78 is 26.7. The first-order valence-corrected chi connectivity index (χ1v) is 4.48. The Labute approximate surface area is 74.1 Å². The second-order valence-corrected chi connectivity index (χ2v) is 2.81. The van der Waals surface area contributed by atoms with Crippen molar-refractivity contribution in [3.63, 3.8) is 0 Å². The molecule has 0 amide bonds. The van der Waals surface area contributed by atoms with Crippen molar-refractivity contribution in [3.05, 3.63) is 0 Å². The lowest BCUT2D eigenvalue weighted by Crippen LogP contribution is -2.08. The van der Waals surface area contributed by atoms with Crippen LogP contribution in [0, 0.1) is 5.92 Å². The average Bonchev–Trinajstić information content (AvgIpc) is 2.01. The van der Waals surface area contributed by atoms with Gasteiger partial charge >= 0.3 is 6.61 Å². The predicted molar refractivity (Wildman–Crippen MR) is 47.4 cm³/mol. The Morgan fingerprint density at radius 1 is 1.17 bits per heavy atom. The van der Waals surface area contributed by atoms with E-state index in [0.29, 0.717) is 0 Å². The van der Waals surface area contributed by atoms with Crippen molar-refractivity contribution in [1.82, 2.24) is 0 Å². The van der Waals surface area contributed by atoms with Crippen molar-refractivity contribution in [3.8, 4) is 0 Å². The summed E-state index contributed by atoms with van der Waals surface area (Å²) in [5.74, 6) is 0.235. The lowest BCUT2D eigenvalue weighted by Gasteiger charge is -2.07. The topological polar surface area (TPSA) is 9.23 Å². The largest absolute Gasteiger partial charge is 0.345 e. The Balaban J connectivity index is 0. The third kappa shape index (κ3) is 16.4. The van der Waals surface area contributed by atoms with Gasteiger partial charge < -0.3 is 4.74 Å². The molecule has 0 aliphatic heterocycles. The monoisotopic (exact) mass is 182 g/mol. The van der Waals surface area contributed by atoms with Gasteiger partial charge in [-0.1, -0.05) is 40.5 Å².